The smallest absolute Gasteiger partial charge is 0.547 e. The number of alkyl carbamates (subject to hydrolysis) is 1. The number of hydrogen-bond acceptors (Lipinski definition) is 7. The molecule has 0 spiro atoms. The van der Waals surface area contributed by atoms with Crippen LogP contribution in [0.15, 0.2) is 30.3 Å². The van der Waals surface area contributed by atoms with E-state index in [-0.39, 0.29) is 69.8 Å². The minimum absolute atomic E-state index is 0. The van der Waals surface area contributed by atoms with Crippen LogP contribution in [-0.2, 0) is 30.5 Å². The van der Waals surface area contributed by atoms with Crippen molar-refractivity contribution in [1.29, 1.82) is 0 Å². The van der Waals surface area contributed by atoms with Crippen LogP contribution in [0.25, 0.3) is 0 Å². The van der Waals surface area contributed by atoms with E-state index in [0.717, 1.165) is 37.7 Å². The number of epoxide rings is 1. The number of aliphatic carboxylic acids is 1. The number of ether oxygens (including phenoxy) is 2. The first-order chi connectivity index (χ1) is 16.8. The van der Waals surface area contributed by atoms with Gasteiger partial charge in [-0.15, -0.1) is 0 Å². The third-order valence-electron chi connectivity index (χ3n) is 5.46. The molecular formula is C25H36KN3O7. The minimum Gasteiger partial charge on any atom is -0.547 e. The molecule has 0 bridgehead atoms. The minimum atomic E-state index is -1.44. The van der Waals surface area contributed by atoms with Crippen molar-refractivity contribution >= 4 is 23.9 Å². The van der Waals surface area contributed by atoms with Crippen LogP contribution in [0, 0.1) is 5.92 Å². The monoisotopic (exact) mass is 529 g/mol. The third kappa shape index (κ3) is 13.2. The molecule has 10 nitrogen and oxygen atoms in total. The zero-order valence-electron chi connectivity index (χ0n) is 21.4. The third-order valence-corrected chi connectivity index (χ3v) is 5.46. The zero-order chi connectivity index (χ0) is 25.6. The maximum absolute atomic E-state index is 12.5. The average Bonchev–Trinajstić information content (AvgIpc) is 3.63. The summed E-state index contributed by atoms with van der Waals surface area (Å²) in [5.41, 5.74) is 0.939. The van der Waals surface area contributed by atoms with Gasteiger partial charge in [0.15, 0.2) is 6.10 Å². The van der Waals surface area contributed by atoms with Gasteiger partial charge >= 0.3 is 57.5 Å². The van der Waals surface area contributed by atoms with Crippen molar-refractivity contribution in [2.24, 2.45) is 5.92 Å². The molecule has 0 saturated carbocycles. The van der Waals surface area contributed by atoms with E-state index in [2.05, 4.69) is 16.0 Å². The Morgan fingerprint density at radius 1 is 0.944 bits per heavy atom. The van der Waals surface area contributed by atoms with E-state index < -0.39 is 36.2 Å². The van der Waals surface area contributed by atoms with E-state index in [4.69, 9.17) is 9.47 Å². The van der Waals surface area contributed by atoms with Gasteiger partial charge in [-0.1, -0.05) is 63.4 Å². The summed E-state index contributed by atoms with van der Waals surface area (Å²) in [6, 6.07) is 8.74. The average molecular weight is 530 g/mol. The van der Waals surface area contributed by atoms with E-state index in [1.165, 1.54) is 0 Å². The summed E-state index contributed by atoms with van der Waals surface area (Å²) in [5.74, 6) is -2.19. The second kappa shape index (κ2) is 17.9. The van der Waals surface area contributed by atoms with Crippen LogP contribution in [0.1, 0.15) is 57.9 Å². The second-order valence-corrected chi connectivity index (χ2v) is 9.03. The standard InChI is InChI=1S/C25H37N3O7.K/c1-17(2)15-19(28-23(30)20-21(35-20)24(31)32)22(29)26-13-9-4-3-5-10-14-27-25(33)34-16-18-11-7-6-8-12-18;/h6-8,11-12,17,19-21H,3-5,9-10,13-16H2,1-2H3,(H,26,29)(H,27,33)(H,28,30)(H,31,32);/q;+1/p-1/t19-,20-,21-;/m0./s1. The maximum Gasteiger partial charge on any atom is 1.00 e. The van der Waals surface area contributed by atoms with Crippen molar-refractivity contribution in [2.45, 2.75) is 77.2 Å². The number of hydrogen-bond donors (Lipinski definition) is 3. The molecular weight excluding hydrogens is 493 g/mol. The van der Waals surface area contributed by atoms with Gasteiger partial charge in [0.2, 0.25) is 5.91 Å². The topological polar surface area (TPSA) is 149 Å². The number of carbonyl (C=O) groups is 4. The molecule has 1 aliphatic heterocycles. The molecule has 2 rings (SSSR count). The predicted octanol–water partition coefficient (Wildman–Crippen LogP) is -1.97. The van der Waals surface area contributed by atoms with Crippen LogP contribution in [0.5, 0.6) is 0 Å². The van der Waals surface area contributed by atoms with E-state index >= 15 is 0 Å². The first kappa shape index (κ1) is 32.5. The van der Waals surface area contributed by atoms with Gasteiger partial charge in [-0.3, -0.25) is 9.59 Å². The number of rotatable bonds is 16. The van der Waals surface area contributed by atoms with Gasteiger partial charge < -0.3 is 35.3 Å². The van der Waals surface area contributed by atoms with Crippen molar-refractivity contribution in [1.82, 2.24) is 16.0 Å². The number of nitrogens with one attached hydrogen (secondary N) is 3. The Bertz CT molecular complexity index is 838. The molecule has 0 aromatic heterocycles. The summed E-state index contributed by atoms with van der Waals surface area (Å²) in [7, 11) is 0. The fourth-order valence-electron chi connectivity index (χ4n) is 3.53. The van der Waals surface area contributed by atoms with Gasteiger partial charge in [-0.25, -0.2) is 4.79 Å². The molecule has 1 aliphatic rings. The molecule has 0 radical (unpaired) electrons. The van der Waals surface area contributed by atoms with Crippen molar-refractivity contribution < 1.29 is 85.1 Å². The van der Waals surface area contributed by atoms with Crippen LogP contribution >= 0.6 is 0 Å². The summed E-state index contributed by atoms with van der Waals surface area (Å²) in [6.45, 7) is 5.14. The first-order valence-corrected chi connectivity index (χ1v) is 12.2. The van der Waals surface area contributed by atoms with Gasteiger partial charge in [-0.05, 0) is 30.7 Å². The van der Waals surface area contributed by atoms with E-state index in [1.807, 2.05) is 44.2 Å². The largest absolute Gasteiger partial charge is 1.00 e. The SMILES string of the molecule is CC(C)C[C@H](NC(=O)[C@H]1O[C@@H]1C(=O)[O-])C(=O)NCCCCCCCNC(=O)OCc1ccccc1.[K+]. The fraction of sp³-hybridized carbons (Fsp3) is 0.600. The molecule has 1 fully saturated rings. The number of amides is 3. The van der Waals surface area contributed by atoms with Crippen molar-refractivity contribution in [3.8, 4) is 0 Å². The van der Waals surface area contributed by atoms with Gasteiger partial charge in [-0.2, -0.15) is 0 Å². The van der Waals surface area contributed by atoms with Crippen LogP contribution in [0.4, 0.5) is 4.79 Å². The molecule has 0 aliphatic carbocycles. The Morgan fingerprint density at radius 2 is 1.56 bits per heavy atom. The molecule has 3 atom stereocenters. The predicted molar refractivity (Wildman–Crippen MR) is 126 cm³/mol. The van der Waals surface area contributed by atoms with Gasteiger partial charge in [0.05, 0.1) is 5.97 Å². The van der Waals surface area contributed by atoms with Gasteiger partial charge in [0.25, 0.3) is 5.91 Å². The Hall–Kier alpha value is -1.50. The number of carbonyl (C=O) groups excluding carboxylic acids is 4. The Balaban J connectivity index is 0.00000648. The van der Waals surface area contributed by atoms with Crippen LogP contribution < -0.4 is 72.4 Å². The van der Waals surface area contributed by atoms with Crippen molar-refractivity contribution in [3.63, 3.8) is 0 Å². The summed E-state index contributed by atoms with van der Waals surface area (Å²) in [6.07, 6.45) is 2.12. The van der Waals surface area contributed by atoms with Crippen molar-refractivity contribution in [2.75, 3.05) is 13.1 Å². The zero-order valence-corrected chi connectivity index (χ0v) is 24.5. The Morgan fingerprint density at radius 3 is 2.14 bits per heavy atom. The molecule has 1 aromatic carbocycles. The summed E-state index contributed by atoms with van der Waals surface area (Å²) < 4.78 is 9.94. The molecule has 36 heavy (non-hydrogen) atoms. The van der Waals surface area contributed by atoms with E-state index in [1.54, 1.807) is 0 Å². The number of carboxylic acids is 1. The number of benzene rings is 1. The van der Waals surface area contributed by atoms with Gasteiger partial charge in [0, 0.05) is 13.1 Å². The van der Waals surface area contributed by atoms with Crippen LogP contribution in [0.2, 0.25) is 0 Å². The van der Waals surface area contributed by atoms with Crippen LogP contribution in [-0.4, -0.2) is 55.2 Å². The summed E-state index contributed by atoms with van der Waals surface area (Å²) in [5, 5.41) is 18.9. The van der Waals surface area contributed by atoms with Crippen LogP contribution in [0.3, 0.4) is 0 Å². The Labute approximate surface area is 255 Å². The fourth-order valence-corrected chi connectivity index (χ4v) is 3.53. The molecule has 0 unspecified atom stereocenters. The maximum atomic E-state index is 12.5. The molecule has 1 saturated heterocycles. The molecule has 1 aromatic rings. The molecule has 194 valence electrons. The Kier molecular flexibility index (Phi) is 16.1. The van der Waals surface area contributed by atoms with E-state index in [0.29, 0.717) is 19.5 Å². The molecule has 3 amide bonds. The number of unbranched alkanes of at least 4 members (excludes halogenated alkanes) is 4. The molecule has 11 heteroatoms. The first-order valence-electron chi connectivity index (χ1n) is 12.2. The van der Waals surface area contributed by atoms with Gasteiger partial charge in [0.1, 0.15) is 18.8 Å². The molecule has 3 N–H and O–H groups in total. The van der Waals surface area contributed by atoms with E-state index in [9.17, 15) is 24.3 Å². The summed E-state index contributed by atoms with van der Waals surface area (Å²) in [4.78, 5) is 47.1. The normalized spacial score (nSPS) is 16.9. The van der Waals surface area contributed by atoms with Crippen molar-refractivity contribution in [3.05, 3.63) is 35.9 Å². The quantitative estimate of drug-likeness (QED) is 0.128. The second-order valence-electron chi connectivity index (χ2n) is 9.03. The molecule has 1 heterocycles. The summed E-state index contributed by atoms with van der Waals surface area (Å²) >= 11 is 0. The number of carboxylic acid groups (broad SMARTS) is 1.